The largest absolute Gasteiger partial charge is 0.330 e. The average molecular weight is 222 g/mol. The van der Waals surface area contributed by atoms with Gasteiger partial charge in [0.2, 0.25) is 0 Å². The van der Waals surface area contributed by atoms with Crippen LogP contribution in [0.1, 0.15) is 20.3 Å². The van der Waals surface area contributed by atoms with Crippen LogP contribution in [0.25, 0.3) is 11.2 Å². The number of fused-ring (bicyclic) bond motifs is 1. The fraction of sp³-hybridized carbons (Fsp3) is 0.500. The molecule has 0 atom stereocenters. The predicted octanol–water partition coefficient (Wildman–Crippen LogP) is 0.316. The van der Waals surface area contributed by atoms with Gasteiger partial charge < -0.3 is 4.57 Å². The Morgan fingerprint density at radius 2 is 2.12 bits per heavy atom. The first-order chi connectivity index (χ1) is 7.69. The van der Waals surface area contributed by atoms with Gasteiger partial charge in [0.1, 0.15) is 0 Å². The monoisotopic (exact) mass is 222 g/mol. The Balaban J connectivity index is 2.86. The van der Waals surface area contributed by atoms with Gasteiger partial charge in [-0.3, -0.25) is 14.3 Å². The summed E-state index contributed by atoms with van der Waals surface area (Å²) in [5.41, 5.74) is 0.181. The molecule has 0 fully saturated rings. The van der Waals surface area contributed by atoms with E-state index in [1.54, 1.807) is 10.9 Å². The van der Waals surface area contributed by atoms with Gasteiger partial charge in [-0.25, -0.2) is 9.78 Å². The van der Waals surface area contributed by atoms with E-state index < -0.39 is 0 Å². The zero-order valence-electron chi connectivity index (χ0n) is 9.36. The van der Waals surface area contributed by atoms with Gasteiger partial charge in [-0.1, -0.05) is 6.92 Å². The predicted molar refractivity (Wildman–Crippen MR) is 60.6 cm³/mol. The van der Waals surface area contributed by atoms with Crippen molar-refractivity contribution >= 4 is 11.2 Å². The Labute approximate surface area is 91.5 Å². The van der Waals surface area contributed by atoms with Crippen molar-refractivity contribution in [1.82, 2.24) is 19.1 Å². The van der Waals surface area contributed by atoms with Gasteiger partial charge >= 0.3 is 5.69 Å². The summed E-state index contributed by atoms with van der Waals surface area (Å²) in [6.07, 6.45) is 2.41. The van der Waals surface area contributed by atoms with Gasteiger partial charge in [0.05, 0.1) is 6.33 Å². The van der Waals surface area contributed by atoms with Gasteiger partial charge in [-0.05, 0) is 13.3 Å². The number of hydrogen-bond acceptors (Lipinski definition) is 3. The highest BCUT2D eigenvalue weighted by molar-refractivity contribution is 5.69. The quantitative estimate of drug-likeness (QED) is 0.812. The zero-order valence-corrected chi connectivity index (χ0v) is 9.36. The van der Waals surface area contributed by atoms with E-state index in [-0.39, 0.29) is 11.2 Å². The molecular weight excluding hydrogens is 208 g/mol. The number of aromatic nitrogens is 4. The highest BCUT2D eigenvalue weighted by Crippen LogP contribution is 2.05. The fourth-order valence-electron chi connectivity index (χ4n) is 1.79. The first-order valence-electron chi connectivity index (χ1n) is 5.37. The molecule has 2 heterocycles. The summed E-state index contributed by atoms with van der Waals surface area (Å²) in [5, 5.41) is 0. The van der Waals surface area contributed by atoms with Crippen LogP contribution in [-0.4, -0.2) is 19.1 Å². The molecule has 0 aromatic carbocycles. The van der Waals surface area contributed by atoms with Crippen molar-refractivity contribution < 1.29 is 0 Å². The third-order valence-corrected chi connectivity index (χ3v) is 2.54. The summed E-state index contributed by atoms with van der Waals surface area (Å²) < 4.78 is 3.24. The molecule has 2 rings (SSSR count). The maximum absolute atomic E-state index is 11.7. The van der Waals surface area contributed by atoms with Crippen LogP contribution in [0, 0.1) is 0 Å². The lowest BCUT2D eigenvalue weighted by atomic mass is 10.4. The number of nitrogens with one attached hydrogen (secondary N) is 1. The fourth-order valence-corrected chi connectivity index (χ4v) is 1.79. The first kappa shape index (κ1) is 10.7. The van der Waals surface area contributed by atoms with Crippen molar-refractivity contribution in [2.24, 2.45) is 0 Å². The Kier molecular flexibility index (Phi) is 2.64. The number of imidazole rings is 1. The molecule has 86 valence electrons. The second-order valence-electron chi connectivity index (χ2n) is 3.61. The number of H-pyrrole nitrogens is 1. The SMILES string of the molecule is CCCn1c(=O)[nH]c(=O)c2c1ncn2CC. The molecule has 2 aromatic heterocycles. The van der Waals surface area contributed by atoms with Gasteiger partial charge in [0.25, 0.3) is 5.56 Å². The third kappa shape index (κ3) is 1.46. The Morgan fingerprint density at radius 3 is 2.75 bits per heavy atom. The van der Waals surface area contributed by atoms with E-state index in [2.05, 4.69) is 9.97 Å². The summed E-state index contributed by atoms with van der Waals surface area (Å²) in [6.45, 7) is 5.12. The van der Waals surface area contributed by atoms with Crippen molar-refractivity contribution in [2.75, 3.05) is 0 Å². The lowest BCUT2D eigenvalue weighted by Crippen LogP contribution is -2.31. The topological polar surface area (TPSA) is 72.7 Å². The Bertz CT molecular complexity index is 620. The highest BCUT2D eigenvalue weighted by atomic mass is 16.2. The van der Waals surface area contributed by atoms with E-state index in [4.69, 9.17) is 0 Å². The number of hydrogen-bond donors (Lipinski definition) is 1. The lowest BCUT2D eigenvalue weighted by molar-refractivity contribution is 0.651. The molecule has 6 nitrogen and oxygen atoms in total. The molecule has 0 aliphatic carbocycles. The van der Waals surface area contributed by atoms with Gasteiger partial charge in [0.15, 0.2) is 11.2 Å². The molecule has 0 aliphatic rings. The summed E-state index contributed by atoms with van der Waals surface area (Å²) >= 11 is 0. The van der Waals surface area contributed by atoms with Crippen molar-refractivity contribution in [3.63, 3.8) is 0 Å². The average Bonchev–Trinajstić information content (AvgIpc) is 2.68. The van der Waals surface area contributed by atoms with Crippen LogP contribution in [0.3, 0.4) is 0 Å². The summed E-state index contributed by atoms with van der Waals surface area (Å²) in [5.74, 6) is 0. The smallest absolute Gasteiger partial charge is 0.325 e. The van der Waals surface area contributed by atoms with E-state index in [0.717, 1.165) is 6.42 Å². The summed E-state index contributed by atoms with van der Waals surface area (Å²) in [6, 6.07) is 0. The standard InChI is InChI=1S/C10H14N4O2/c1-3-5-14-8-7(9(15)12-10(14)16)13(4-2)6-11-8/h6H,3-5H2,1-2H3,(H,12,15,16). The van der Waals surface area contributed by atoms with E-state index in [0.29, 0.717) is 24.3 Å². The third-order valence-electron chi connectivity index (χ3n) is 2.54. The van der Waals surface area contributed by atoms with Crippen LogP contribution in [0.4, 0.5) is 0 Å². The molecule has 0 spiro atoms. The maximum atomic E-state index is 11.7. The van der Waals surface area contributed by atoms with Crippen molar-refractivity contribution in [1.29, 1.82) is 0 Å². The second kappa shape index (κ2) is 3.96. The highest BCUT2D eigenvalue weighted by Gasteiger charge is 2.11. The van der Waals surface area contributed by atoms with Gasteiger partial charge in [-0.15, -0.1) is 0 Å². The van der Waals surface area contributed by atoms with Crippen molar-refractivity contribution in [3.05, 3.63) is 27.2 Å². The lowest BCUT2D eigenvalue weighted by Gasteiger charge is -2.04. The van der Waals surface area contributed by atoms with Gasteiger partial charge in [-0.2, -0.15) is 0 Å². The van der Waals surface area contributed by atoms with E-state index in [1.165, 1.54) is 4.57 Å². The molecule has 16 heavy (non-hydrogen) atoms. The normalized spacial score (nSPS) is 11.1. The van der Waals surface area contributed by atoms with Crippen LogP contribution in [0.15, 0.2) is 15.9 Å². The number of rotatable bonds is 3. The van der Waals surface area contributed by atoms with Crippen LogP contribution in [0.2, 0.25) is 0 Å². The van der Waals surface area contributed by atoms with Crippen LogP contribution in [0.5, 0.6) is 0 Å². The molecule has 0 amide bonds. The van der Waals surface area contributed by atoms with Crippen molar-refractivity contribution in [2.45, 2.75) is 33.4 Å². The first-order valence-corrected chi connectivity index (χ1v) is 5.37. The van der Waals surface area contributed by atoms with E-state index in [9.17, 15) is 9.59 Å². The minimum Gasteiger partial charge on any atom is -0.325 e. The molecule has 6 heteroatoms. The van der Waals surface area contributed by atoms with Crippen LogP contribution in [-0.2, 0) is 13.1 Å². The summed E-state index contributed by atoms with van der Waals surface area (Å²) in [4.78, 5) is 29.7. The summed E-state index contributed by atoms with van der Waals surface area (Å²) in [7, 11) is 0. The van der Waals surface area contributed by atoms with Crippen LogP contribution < -0.4 is 11.2 Å². The molecule has 0 saturated heterocycles. The second-order valence-corrected chi connectivity index (χ2v) is 3.61. The molecule has 0 aliphatic heterocycles. The van der Waals surface area contributed by atoms with E-state index >= 15 is 0 Å². The maximum Gasteiger partial charge on any atom is 0.330 e. The molecule has 2 aromatic rings. The number of aryl methyl sites for hydroxylation is 2. The molecular formula is C10H14N4O2. The Hall–Kier alpha value is -1.85. The van der Waals surface area contributed by atoms with E-state index in [1.807, 2.05) is 13.8 Å². The Morgan fingerprint density at radius 1 is 1.38 bits per heavy atom. The van der Waals surface area contributed by atoms with Gasteiger partial charge in [0, 0.05) is 13.1 Å². The molecule has 0 radical (unpaired) electrons. The number of aromatic amines is 1. The minimum atomic E-state index is -0.388. The molecule has 1 N–H and O–H groups in total. The van der Waals surface area contributed by atoms with Crippen molar-refractivity contribution in [3.8, 4) is 0 Å². The number of nitrogens with zero attached hydrogens (tertiary/aromatic N) is 3. The minimum absolute atomic E-state index is 0.369. The van der Waals surface area contributed by atoms with Crippen LogP contribution >= 0.6 is 0 Å². The zero-order chi connectivity index (χ0) is 11.7. The molecule has 0 unspecified atom stereocenters. The molecule has 0 saturated carbocycles. The molecule has 0 bridgehead atoms.